The van der Waals surface area contributed by atoms with Crippen molar-refractivity contribution in [3.63, 3.8) is 0 Å². The van der Waals surface area contributed by atoms with Crippen LogP contribution in [0, 0.1) is 0 Å². The summed E-state index contributed by atoms with van der Waals surface area (Å²) in [5.41, 5.74) is 8.63. The number of anilines is 1. The molecule has 6 heterocycles. The molecule has 3 aliphatic heterocycles. The summed E-state index contributed by atoms with van der Waals surface area (Å²) >= 11 is 0. The summed E-state index contributed by atoms with van der Waals surface area (Å²) in [6.07, 6.45) is 9.46. The molecule has 1 aromatic carbocycles. The molecule has 4 aromatic rings. The highest BCUT2D eigenvalue weighted by Crippen LogP contribution is 2.36. The molecular formula is C30H34N6O2. The Kier molecular flexibility index (Phi) is 5.92. The molecule has 7 rings (SSSR count). The third-order valence-corrected chi connectivity index (χ3v) is 8.44. The Morgan fingerprint density at radius 2 is 1.82 bits per heavy atom. The van der Waals surface area contributed by atoms with Gasteiger partial charge in [-0.25, -0.2) is 4.98 Å². The monoisotopic (exact) mass is 510 g/mol. The van der Waals surface area contributed by atoms with Crippen molar-refractivity contribution in [3.8, 4) is 22.5 Å². The fourth-order valence-electron chi connectivity index (χ4n) is 6.32. The molecule has 0 aliphatic carbocycles. The van der Waals surface area contributed by atoms with E-state index in [0.29, 0.717) is 12.6 Å². The Hall–Kier alpha value is -3.65. The van der Waals surface area contributed by atoms with Crippen molar-refractivity contribution in [1.29, 1.82) is 0 Å². The van der Waals surface area contributed by atoms with Gasteiger partial charge in [0.2, 0.25) is 5.91 Å². The molecule has 3 aromatic heterocycles. The number of carbonyl (C=O) groups is 1. The van der Waals surface area contributed by atoms with Gasteiger partial charge in [0.05, 0.1) is 11.7 Å². The van der Waals surface area contributed by atoms with Crippen LogP contribution < -0.4 is 4.90 Å². The molecular weight excluding hydrogens is 476 g/mol. The summed E-state index contributed by atoms with van der Waals surface area (Å²) in [6.45, 7) is 6.81. The molecule has 0 spiro atoms. The van der Waals surface area contributed by atoms with E-state index >= 15 is 0 Å². The van der Waals surface area contributed by atoms with Gasteiger partial charge >= 0.3 is 0 Å². The van der Waals surface area contributed by atoms with E-state index in [-0.39, 0.29) is 5.91 Å². The maximum atomic E-state index is 12.3. The number of aromatic nitrogens is 4. The number of amides is 1. The minimum atomic E-state index is 0.110. The number of carbonyl (C=O) groups excluding carboxylic acids is 1. The highest BCUT2D eigenvalue weighted by molar-refractivity contribution is 5.81. The van der Waals surface area contributed by atoms with Gasteiger partial charge < -0.3 is 18.9 Å². The second-order valence-electron chi connectivity index (χ2n) is 10.8. The molecule has 8 heteroatoms. The third-order valence-electron chi connectivity index (χ3n) is 8.44. The number of hydrogen-bond acceptors (Lipinski definition) is 5. The minimum absolute atomic E-state index is 0.110. The van der Waals surface area contributed by atoms with E-state index in [1.807, 2.05) is 4.90 Å². The molecule has 0 unspecified atom stereocenters. The van der Waals surface area contributed by atoms with E-state index in [2.05, 4.69) is 62.8 Å². The number of benzene rings is 1. The average Bonchev–Trinajstić information content (AvgIpc) is 3.72. The molecule has 0 bridgehead atoms. The molecule has 0 N–H and O–H groups in total. The van der Waals surface area contributed by atoms with Crippen molar-refractivity contribution in [2.24, 2.45) is 0 Å². The number of imidazole rings is 1. The van der Waals surface area contributed by atoms with Crippen molar-refractivity contribution in [2.75, 3.05) is 37.7 Å². The lowest BCUT2D eigenvalue weighted by atomic mass is 10.0. The van der Waals surface area contributed by atoms with E-state index in [9.17, 15) is 4.79 Å². The van der Waals surface area contributed by atoms with Crippen molar-refractivity contribution >= 4 is 17.2 Å². The lowest BCUT2D eigenvalue weighted by Crippen LogP contribution is -2.35. The Morgan fingerprint density at radius 3 is 2.58 bits per heavy atom. The molecule has 0 radical (unpaired) electrons. The lowest BCUT2D eigenvalue weighted by molar-refractivity contribution is -0.129. The molecule has 0 saturated carbocycles. The Morgan fingerprint density at radius 1 is 1.03 bits per heavy atom. The Bertz CT molecular complexity index is 1470. The van der Waals surface area contributed by atoms with E-state index in [4.69, 9.17) is 14.8 Å². The fraction of sp³-hybridized carbons (Fsp3) is 0.433. The molecule has 2 fully saturated rings. The second-order valence-corrected chi connectivity index (χ2v) is 10.8. The van der Waals surface area contributed by atoms with Crippen LogP contribution in [-0.2, 0) is 22.5 Å². The summed E-state index contributed by atoms with van der Waals surface area (Å²) in [7, 11) is 0. The van der Waals surface area contributed by atoms with Gasteiger partial charge in [-0.3, -0.25) is 9.48 Å². The van der Waals surface area contributed by atoms with Crippen LogP contribution in [0.3, 0.4) is 0 Å². The van der Waals surface area contributed by atoms with Crippen LogP contribution in [0.15, 0.2) is 48.8 Å². The van der Waals surface area contributed by atoms with Crippen molar-refractivity contribution in [3.05, 3.63) is 60.0 Å². The van der Waals surface area contributed by atoms with Gasteiger partial charge in [0, 0.05) is 93.2 Å². The Labute approximate surface area is 222 Å². The molecule has 8 nitrogen and oxygen atoms in total. The second kappa shape index (κ2) is 9.58. The van der Waals surface area contributed by atoms with Gasteiger partial charge in [0.25, 0.3) is 0 Å². The first kappa shape index (κ1) is 23.5. The van der Waals surface area contributed by atoms with Crippen molar-refractivity contribution in [2.45, 2.75) is 51.6 Å². The quantitative estimate of drug-likeness (QED) is 0.397. The molecule has 38 heavy (non-hydrogen) atoms. The first-order valence-electron chi connectivity index (χ1n) is 13.9. The van der Waals surface area contributed by atoms with E-state index in [1.54, 1.807) is 6.92 Å². The van der Waals surface area contributed by atoms with Gasteiger partial charge in [-0.05, 0) is 49.9 Å². The van der Waals surface area contributed by atoms with Crippen molar-refractivity contribution in [1.82, 2.24) is 24.1 Å². The predicted molar refractivity (Wildman–Crippen MR) is 147 cm³/mol. The first-order valence-corrected chi connectivity index (χ1v) is 13.9. The number of ether oxygens (including phenoxy) is 1. The maximum Gasteiger partial charge on any atom is 0.219 e. The van der Waals surface area contributed by atoms with E-state index < -0.39 is 0 Å². The zero-order valence-electron chi connectivity index (χ0n) is 22.0. The first-order chi connectivity index (χ1) is 18.7. The highest BCUT2D eigenvalue weighted by Gasteiger charge is 2.31. The standard InChI is InChI=1S/C30H34N6O2/c1-21(37)34-16-10-28-26(19-34)29(32-36(28)24-11-17-38-18-12-24)25-5-4-15-35-20-27(31-30(25)35)22-6-8-23(9-7-22)33-13-2-3-14-33/h4-9,15,20,24H,2-3,10-14,16-19H2,1H3. The maximum absolute atomic E-state index is 12.3. The molecule has 0 atom stereocenters. The van der Waals surface area contributed by atoms with Gasteiger partial charge in [-0.15, -0.1) is 0 Å². The largest absolute Gasteiger partial charge is 0.381 e. The normalized spacial score (nSPS) is 18.3. The van der Waals surface area contributed by atoms with E-state index in [1.165, 1.54) is 24.2 Å². The molecule has 1 amide bonds. The third kappa shape index (κ3) is 4.07. The zero-order valence-corrected chi connectivity index (χ0v) is 22.0. The number of nitrogens with zero attached hydrogens (tertiary/aromatic N) is 6. The predicted octanol–water partition coefficient (Wildman–Crippen LogP) is 4.72. The summed E-state index contributed by atoms with van der Waals surface area (Å²) < 4.78 is 9.98. The van der Waals surface area contributed by atoms with E-state index in [0.717, 1.165) is 85.8 Å². The molecule has 2 saturated heterocycles. The minimum Gasteiger partial charge on any atom is -0.381 e. The van der Waals surface area contributed by atoms with Crippen LogP contribution in [0.25, 0.3) is 28.2 Å². The topological polar surface area (TPSA) is 67.9 Å². The SMILES string of the molecule is CC(=O)N1CCc2c(c(-c3cccn4cc(-c5ccc(N6CCCC6)cc5)nc34)nn2C2CCOCC2)C1. The highest BCUT2D eigenvalue weighted by atomic mass is 16.5. The average molecular weight is 511 g/mol. The number of pyridine rings is 1. The lowest BCUT2D eigenvalue weighted by Gasteiger charge is -2.29. The molecule has 3 aliphatic rings. The van der Waals surface area contributed by atoms with Crippen LogP contribution in [-0.4, -0.2) is 62.8 Å². The fourth-order valence-corrected chi connectivity index (χ4v) is 6.32. The summed E-state index contributed by atoms with van der Waals surface area (Å²) in [4.78, 5) is 21.8. The summed E-state index contributed by atoms with van der Waals surface area (Å²) in [5, 5.41) is 5.23. The van der Waals surface area contributed by atoms with Gasteiger partial charge in [-0.2, -0.15) is 5.10 Å². The smallest absolute Gasteiger partial charge is 0.219 e. The van der Waals surface area contributed by atoms with Crippen LogP contribution in [0.5, 0.6) is 0 Å². The van der Waals surface area contributed by atoms with Crippen LogP contribution >= 0.6 is 0 Å². The van der Waals surface area contributed by atoms with Crippen LogP contribution in [0.4, 0.5) is 5.69 Å². The summed E-state index contributed by atoms with van der Waals surface area (Å²) in [5.74, 6) is 0.110. The molecule has 196 valence electrons. The van der Waals surface area contributed by atoms with Crippen LogP contribution in [0.2, 0.25) is 0 Å². The number of fused-ring (bicyclic) bond motifs is 2. The van der Waals surface area contributed by atoms with Gasteiger partial charge in [0.1, 0.15) is 11.3 Å². The zero-order chi connectivity index (χ0) is 25.6. The Balaban J connectivity index is 1.29. The summed E-state index contributed by atoms with van der Waals surface area (Å²) in [6, 6.07) is 13.3. The van der Waals surface area contributed by atoms with Crippen LogP contribution in [0.1, 0.15) is 49.9 Å². The number of rotatable bonds is 4. The van der Waals surface area contributed by atoms with Gasteiger partial charge in [0.15, 0.2) is 0 Å². The van der Waals surface area contributed by atoms with Gasteiger partial charge in [-0.1, -0.05) is 12.1 Å². The number of hydrogen-bond donors (Lipinski definition) is 0. The van der Waals surface area contributed by atoms with Crippen molar-refractivity contribution < 1.29 is 9.53 Å².